The summed E-state index contributed by atoms with van der Waals surface area (Å²) >= 11 is 0. The molecule has 0 aliphatic rings. The normalized spacial score (nSPS) is 9.95. The van der Waals surface area contributed by atoms with E-state index in [1.54, 1.807) is 12.1 Å². The maximum absolute atomic E-state index is 11.7. The highest BCUT2D eigenvalue weighted by Gasteiger charge is 2.08. The number of H-pyrrole nitrogens is 1. The van der Waals surface area contributed by atoms with Gasteiger partial charge in [-0.05, 0) is 19.1 Å². The van der Waals surface area contributed by atoms with Crippen molar-refractivity contribution in [2.75, 3.05) is 11.9 Å². The van der Waals surface area contributed by atoms with Crippen molar-refractivity contribution in [2.45, 2.75) is 6.92 Å². The quantitative estimate of drug-likeness (QED) is 0.743. The topological polar surface area (TPSA) is 99.8 Å². The van der Waals surface area contributed by atoms with E-state index in [2.05, 4.69) is 25.8 Å². The Morgan fingerprint density at radius 3 is 2.63 bits per heavy atom. The van der Waals surface area contributed by atoms with Crippen molar-refractivity contribution in [2.24, 2.45) is 0 Å². The SMILES string of the molecule is Cc1ccc(C(=O)NCC(=O)Nc2ncn[nH]2)cc1. The zero-order valence-corrected chi connectivity index (χ0v) is 10.3. The molecule has 0 aliphatic heterocycles. The number of aryl methyl sites for hydroxylation is 1. The molecule has 19 heavy (non-hydrogen) atoms. The molecule has 3 N–H and O–H groups in total. The van der Waals surface area contributed by atoms with Crippen LogP contribution in [0.4, 0.5) is 5.95 Å². The minimum atomic E-state index is -0.378. The zero-order chi connectivity index (χ0) is 13.7. The number of nitrogens with zero attached hydrogens (tertiary/aromatic N) is 2. The van der Waals surface area contributed by atoms with Gasteiger partial charge in [0.15, 0.2) is 0 Å². The van der Waals surface area contributed by atoms with Gasteiger partial charge in [0.1, 0.15) is 6.33 Å². The van der Waals surface area contributed by atoms with E-state index in [4.69, 9.17) is 0 Å². The zero-order valence-electron chi connectivity index (χ0n) is 10.3. The molecule has 1 aromatic heterocycles. The third-order valence-electron chi connectivity index (χ3n) is 2.40. The van der Waals surface area contributed by atoms with E-state index in [0.717, 1.165) is 5.56 Å². The van der Waals surface area contributed by atoms with Gasteiger partial charge >= 0.3 is 0 Å². The first-order valence-electron chi connectivity index (χ1n) is 5.65. The molecule has 0 saturated heterocycles. The number of aromatic amines is 1. The summed E-state index contributed by atoms with van der Waals surface area (Å²) in [6.45, 7) is 1.81. The Labute approximate surface area is 109 Å². The van der Waals surface area contributed by atoms with Crippen LogP contribution in [0, 0.1) is 6.92 Å². The van der Waals surface area contributed by atoms with E-state index < -0.39 is 0 Å². The van der Waals surface area contributed by atoms with Crippen molar-refractivity contribution in [3.05, 3.63) is 41.7 Å². The summed E-state index contributed by atoms with van der Waals surface area (Å²) in [6, 6.07) is 7.09. The van der Waals surface area contributed by atoms with Gasteiger partial charge < -0.3 is 5.32 Å². The largest absolute Gasteiger partial charge is 0.343 e. The molecule has 1 aromatic carbocycles. The summed E-state index contributed by atoms with van der Waals surface area (Å²) in [6.07, 6.45) is 1.28. The molecule has 1 heterocycles. The van der Waals surface area contributed by atoms with Crippen LogP contribution in [-0.2, 0) is 4.79 Å². The molecule has 7 heteroatoms. The first kappa shape index (κ1) is 12.7. The molecule has 2 rings (SSSR count). The van der Waals surface area contributed by atoms with Crippen LogP contribution in [0.2, 0.25) is 0 Å². The van der Waals surface area contributed by atoms with Crippen molar-refractivity contribution in [3.8, 4) is 0 Å². The second kappa shape index (κ2) is 5.76. The molecule has 2 aromatic rings. The van der Waals surface area contributed by atoms with Gasteiger partial charge in [-0.15, -0.1) is 0 Å². The maximum atomic E-state index is 11.7. The Hall–Kier alpha value is -2.70. The number of amides is 2. The van der Waals surface area contributed by atoms with Crippen LogP contribution in [0.25, 0.3) is 0 Å². The minimum absolute atomic E-state index is 0.132. The standard InChI is InChI=1S/C12H13N5O2/c1-8-2-4-9(5-3-8)11(19)13-6-10(18)16-12-14-7-15-17-12/h2-5,7H,6H2,1H3,(H,13,19)(H2,14,15,16,17,18). The average molecular weight is 259 g/mol. The number of hydrogen-bond acceptors (Lipinski definition) is 4. The number of nitrogens with one attached hydrogen (secondary N) is 3. The number of anilines is 1. The first-order valence-corrected chi connectivity index (χ1v) is 5.65. The maximum Gasteiger partial charge on any atom is 0.251 e. The molecule has 98 valence electrons. The minimum Gasteiger partial charge on any atom is -0.343 e. The Bertz CT molecular complexity index is 562. The van der Waals surface area contributed by atoms with Crippen LogP contribution in [0.5, 0.6) is 0 Å². The molecule has 0 radical (unpaired) electrons. The molecule has 0 saturated carbocycles. The summed E-state index contributed by atoms with van der Waals surface area (Å²) in [4.78, 5) is 27.0. The third-order valence-corrected chi connectivity index (χ3v) is 2.40. The predicted octanol–water partition coefficient (Wildman–Crippen LogP) is 0.482. The van der Waals surface area contributed by atoms with Crippen molar-refractivity contribution in [1.29, 1.82) is 0 Å². The van der Waals surface area contributed by atoms with Gasteiger partial charge in [0.25, 0.3) is 5.91 Å². The number of aromatic nitrogens is 3. The number of benzene rings is 1. The number of hydrogen-bond donors (Lipinski definition) is 3. The van der Waals surface area contributed by atoms with E-state index in [1.807, 2.05) is 19.1 Å². The van der Waals surface area contributed by atoms with Gasteiger partial charge in [-0.2, -0.15) is 10.1 Å². The molecule has 0 spiro atoms. The molecule has 0 bridgehead atoms. The van der Waals surface area contributed by atoms with Gasteiger partial charge in [-0.1, -0.05) is 17.7 Å². The van der Waals surface area contributed by atoms with Crippen LogP contribution in [0.15, 0.2) is 30.6 Å². The summed E-state index contributed by atoms with van der Waals surface area (Å²) < 4.78 is 0. The third kappa shape index (κ3) is 3.63. The van der Waals surface area contributed by atoms with Crippen molar-refractivity contribution >= 4 is 17.8 Å². The van der Waals surface area contributed by atoms with E-state index in [0.29, 0.717) is 5.56 Å². The molecule has 7 nitrogen and oxygen atoms in total. The van der Waals surface area contributed by atoms with E-state index in [9.17, 15) is 9.59 Å². The van der Waals surface area contributed by atoms with E-state index >= 15 is 0 Å². The summed E-state index contributed by atoms with van der Waals surface area (Å²) in [5, 5.41) is 11.0. The van der Waals surface area contributed by atoms with Crippen LogP contribution in [-0.4, -0.2) is 33.5 Å². The molecule has 0 aliphatic carbocycles. The lowest BCUT2D eigenvalue weighted by atomic mass is 10.1. The van der Waals surface area contributed by atoms with Gasteiger partial charge in [0.2, 0.25) is 11.9 Å². The van der Waals surface area contributed by atoms with Gasteiger partial charge in [-0.25, -0.2) is 5.10 Å². The molecule has 0 atom stereocenters. The molecule has 0 fully saturated rings. The molecular weight excluding hydrogens is 246 g/mol. The smallest absolute Gasteiger partial charge is 0.251 e. The first-order chi connectivity index (χ1) is 9.15. The Morgan fingerprint density at radius 1 is 1.26 bits per heavy atom. The second-order valence-corrected chi connectivity index (χ2v) is 3.93. The monoisotopic (exact) mass is 259 g/mol. The fraction of sp³-hybridized carbons (Fsp3) is 0.167. The Morgan fingerprint density at radius 2 is 2.00 bits per heavy atom. The van der Waals surface area contributed by atoms with Gasteiger partial charge in [-0.3, -0.25) is 14.9 Å². The number of carbonyl (C=O) groups excluding carboxylic acids is 2. The fourth-order valence-corrected chi connectivity index (χ4v) is 1.41. The Balaban J connectivity index is 1.83. The highest BCUT2D eigenvalue weighted by atomic mass is 16.2. The van der Waals surface area contributed by atoms with Crippen molar-refractivity contribution < 1.29 is 9.59 Å². The van der Waals surface area contributed by atoms with Crippen molar-refractivity contribution in [1.82, 2.24) is 20.5 Å². The molecule has 0 unspecified atom stereocenters. The van der Waals surface area contributed by atoms with Crippen LogP contribution in [0.3, 0.4) is 0 Å². The van der Waals surface area contributed by atoms with E-state index in [1.165, 1.54) is 6.33 Å². The van der Waals surface area contributed by atoms with Crippen LogP contribution >= 0.6 is 0 Å². The Kier molecular flexibility index (Phi) is 3.87. The highest BCUT2D eigenvalue weighted by molar-refractivity contribution is 5.98. The summed E-state index contributed by atoms with van der Waals surface area (Å²) in [5.74, 6) is -0.431. The number of rotatable bonds is 4. The summed E-state index contributed by atoms with van der Waals surface area (Å²) in [7, 11) is 0. The lowest BCUT2D eigenvalue weighted by molar-refractivity contribution is -0.115. The van der Waals surface area contributed by atoms with Gasteiger partial charge in [0.05, 0.1) is 6.54 Å². The fourth-order valence-electron chi connectivity index (χ4n) is 1.41. The van der Waals surface area contributed by atoms with Crippen molar-refractivity contribution in [3.63, 3.8) is 0 Å². The summed E-state index contributed by atoms with van der Waals surface area (Å²) in [5.41, 5.74) is 1.58. The lowest BCUT2D eigenvalue weighted by Crippen LogP contribution is -2.33. The molecular formula is C12H13N5O2. The highest BCUT2D eigenvalue weighted by Crippen LogP contribution is 2.02. The lowest BCUT2D eigenvalue weighted by Gasteiger charge is -2.05. The number of carbonyl (C=O) groups is 2. The van der Waals surface area contributed by atoms with Crippen LogP contribution in [0.1, 0.15) is 15.9 Å². The van der Waals surface area contributed by atoms with Gasteiger partial charge in [0, 0.05) is 5.56 Å². The van der Waals surface area contributed by atoms with E-state index in [-0.39, 0.29) is 24.3 Å². The van der Waals surface area contributed by atoms with Crippen LogP contribution < -0.4 is 10.6 Å². The predicted molar refractivity (Wildman–Crippen MR) is 68.5 cm³/mol. The molecule has 2 amide bonds. The second-order valence-electron chi connectivity index (χ2n) is 3.93. The average Bonchev–Trinajstić information content (AvgIpc) is 2.89.